The first-order chi connectivity index (χ1) is 22.7. The van der Waals surface area contributed by atoms with E-state index in [1.807, 2.05) is 67.6 Å². The van der Waals surface area contributed by atoms with Gasteiger partial charge in [-0.15, -0.1) is 0 Å². The van der Waals surface area contributed by atoms with Gasteiger partial charge in [0.05, 0.1) is 30.2 Å². The first kappa shape index (κ1) is 32.4. The Morgan fingerprint density at radius 3 is 2.36 bits per heavy atom. The van der Waals surface area contributed by atoms with Crippen molar-refractivity contribution in [3.63, 3.8) is 0 Å². The van der Waals surface area contributed by atoms with Gasteiger partial charge >= 0.3 is 7.12 Å². The Hall–Kier alpha value is -4.54. The monoisotopic (exact) mass is 631 g/mol. The fourth-order valence-electron chi connectivity index (χ4n) is 7.40. The van der Waals surface area contributed by atoms with E-state index in [1.165, 1.54) is 12.1 Å². The summed E-state index contributed by atoms with van der Waals surface area (Å²) >= 11 is 0. The van der Waals surface area contributed by atoms with Crippen molar-refractivity contribution in [2.75, 3.05) is 11.5 Å². The third kappa shape index (κ3) is 6.15. The molecule has 0 spiro atoms. The number of carbonyl (C=O) groups excluding carboxylic acids is 2. The standard InChI is InChI=1S/C38H38BNO7/c1-2-23-20-31-36(38(45)40(37(31)44)28-12-8-11-27(21-28)39(46)47)32(22-41)35(23)34(43)18-15-25(24-9-4-3-5-10-24)19-26-16-17-33(42)30-14-7-6-13-29(26)30/h3-14,16-17,19,21,31-32,34,36,41-43,46-47H,2,15,18,20,22H2,1H3/b25-19-/t31-,32+,34-,36-/m1/s1. The Morgan fingerprint density at radius 2 is 1.66 bits per heavy atom. The van der Waals surface area contributed by atoms with Gasteiger partial charge in [-0.1, -0.05) is 91.4 Å². The number of benzene rings is 4. The summed E-state index contributed by atoms with van der Waals surface area (Å²) in [6.45, 7) is 1.55. The molecule has 0 aromatic heterocycles. The average molecular weight is 632 g/mol. The van der Waals surface area contributed by atoms with Gasteiger partial charge in [0.25, 0.3) is 0 Å². The van der Waals surface area contributed by atoms with Gasteiger partial charge in [-0.05, 0) is 77.0 Å². The number of phenols is 1. The molecule has 2 amide bonds. The first-order valence-corrected chi connectivity index (χ1v) is 16.0. The number of fused-ring (bicyclic) bond motifs is 2. The van der Waals surface area contributed by atoms with Gasteiger partial charge in [0, 0.05) is 11.3 Å². The Labute approximate surface area is 274 Å². The number of aliphatic hydroxyl groups excluding tert-OH is 2. The number of hydrogen-bond donors (Lipinski definition) is 5. The smallest absolute Gasteiger partial charge is 0.488 e. The third-order valence-electron chi connectivity index (χ3n) is 9.69. The zero-order valence-electron chi connectivity index (χ0n) is 26.2. The Morgan fingerprint density at radius 1 is 0.936 bits per heavy atom. The quantitative estimate of drug-likeness (QED) is 0.0756. The molecular formula is C38H38BNO7. The van der Waals surface area contributed by atoms with Crippen molar-refractivity contribution in [2.24, 2.45) is 17.8 Å². The molecule has 5 N–H and O–H groups in total. The zero-order chi connectivity index (χ0) is 33.2. The van der Waals surface area contributed by atoms with Crippen LogP contribution >= 0.6 is 0 Å². The van der Waals surface area contributed by atoms with Crippen LogP contribution in [0.1, 0.15) is 43.7 Å². The normalized spacial score (nSPS) is 20.6. The van der Waals surface area contributed by atoms with Gasteiger partial charge in [-0.25, -0.2) is 0 Å². The summed E-state index contributed by atoms with van der Waals surface area (Å²) in [7, 11) is -1.76. The van der Waals surface area contributed by atoms with E-state index >= 15 is 0 Å². The van der Waals surface area contributed by atoms with Gasteiger partial charge in [-0.2, -0.15) is 0 Å². The Bertz CT molecular complexity index is 1870. The van der Waals surface area contributed by atoms with Gasteiger partial charge in [-0.3, -0.25) is 14.5 Å². The van der Waals surface area contributed by atoms with Crippen LogP contribution in [0.25, 0.3) is 22.4 Å². The summed E-state index contributed by atoms with van der Waals surface area (Å²) in [5, 5.41) is 53.9. The van der Waals surface area contributed by atoms with Gasteiger partial charge < -0.3 is 25.4 Å². The number of aromatic hydroxyl groups is 1. The van der Waals surface area contributed by atoms with Gasteiger partial charge in [0.2, 0.25) is 11.8 Å². The molecule has 1 saturated heterocycles. The molecular weight excluding hydrogens is 593 g/mol. The maximum absolute atomic E-state index is 13.9. The molecule has 6 rings (SSSR count). The number of aliphatic hydroxyl groups is 2. The molecule has 1 aliphatic heterocycles. The number of amides is 2. The molecule has 2 aliphatic rings. The molecule has 4 atom stereocenters. The Balaban J connectivity index is 1.31. The van der Waals surface area contributed by atoms with Gasteiger partial charge in [0.1, 0.15) is 5.75 Å². The van der Waals surface area contributed by atoms with Crippen LogP contribution in [0.5, 0.6) is 5.75 Å². The zero-order valence-corrected chi connectivity index (χ0v) is 26.2. The molecule has 8 nitrogen and oxygen atoms in total. The summed E-state index contributed by atoms with van der Waals surface area (Å²) in [6, 6.07) is 27.1. The van der Waals surface area contributed by atoms with Crippen molar-refractivity contribution in [3.05, 3.63) is 113 Å². The molecule has 4 aromatic rings. The van der Waals surface area contributed by atoms with E-state index in [2.05, 4.69) is 6.08 Å². The van der Waals surface area contributed by atoms with E-state index in [9.17, 15) is 35.0 Å². The van der Waals surface area contributed by atoms with E-state index in [4.69, 9.17) is 0 Å². The van der Waals surface area contributed by atoms with Crippen molar-refractivity contribution in [3.8, 4) is 5.75 Å². The molecule has 0 radical (unpaired) electrons. The number of allylic oxidation sites excluding steroid dienone is 2. The van der Waals surface area contributed by atoms with Crippen LogP contribution in [-0.2, 0) is 9.59 Å². The number of phenolic OH excluding ortho intramolecular Hbond substituents is 1. The Kier molecular flexibility index (Phi) is 9.43. The predicted molar refractivity (Wildman–Crippen MR) is 183 cm³/mol. The molecule has 0 bridgehead atoms. The summed E-state index contributed by atoms with van der Waals surface area (Å²) in [6.07, 6.45) is 2.79. The number of nitrogens with zero attached hydrogens (tertiary/aromatic N) is 1. The molecule has 240 valence electrons. The third-order valence-corrected chi connectivity index (χ3v) is 9.69. The van der Waals surface area contributed by atoms with Gasteiger partial charge in [0.15, 0.2) is 0 Å². The van der Waals surface area contributed by atoms with Crippen LogP contribution in [0.4, 0.5) is 5.69 Å². The predicted octanol–water partition coefficient (Wildman–Crippen LogP) is 4.43. The summed E-state index contributed by atoms with van der Waals surface area (Å²) < 4.78 is 0. The summed E-state index contributed by atoms with van der Waals surface area (Å²) in [5.41, 5.74) is 4.81. The minimum atomic E-state index is -1.76. The molecule has 1 heterocycles. The fraction of sp³-hybridized carbons (Fsp3) is 0.263. The molecule has 1 aliphatic carbocycles. The van der Waals surface area contributed by atoms with Crippen molar-refractivity contribution in [2.45, 2.75) is 38.7 Å². The fourth-order valence-corrected chi connectivity index (χ4v) is 7.40. The van der Waals surface area contributed by atoms with Crippen LogP contribution in [0.3, 0.4) is 0 Å². The van der Waals surface area contributed by atoms with Crippen LogP contribution in [-0.4, -0.2) is 57.0 Å². The number of imide groups is 1. The maximum Gasteiger partial charge on any atom is 0.488 e. The lowest BCUT2D eigenvalue weighted by molar-refractivity contribution is -0.123. The van der Waals surface area contributed by atoms with Crippen molar-refractivity contribution in [1.82, 2.24) is 0 Å². The van der Waals surface area contributed by atoms with Crippen molar-refractivity contribution in [1.29, 1.82) is 0 Å². The highest BCUT2D eigenvalue weighted by Crippen LogP contribution is 2.48. The number of rotatable bonds is 10. The molecule has 0 unspecified atom stereocenters. The lowest BCUT2D eigenvalue weighted by Gasteiger charge is -2.36. The number of hydrogen-bond acceptors (Lipinski definition) is 7. The molecule has 47 heavy (non-hydrogen) atoms. The summed E-state index contributed by atoms with van der Waals surface area (Å²) in [5.74, 6) is -2.92. The minimum Gasteiger partial charge on any atom is -0.507 e. The van der Waals surface area contributed by atoms with E-state index in [1.54, 1.807) is 18.2 Å². The second kappa shape index (κ2) is 13.7. The average Bonchev–Trinajstić information content (AvgIpc) is 3.35. The van der Waals surface area contributed by atoms with Crippen molar-refractivity contribution >= 4 is 52.5 Å². The van der Waals surface area contributed by atoms with E-state index < -0.39 is 49.4 Å². The maximum atomic E-state index is 13.9. The van der Waals surface area contributed by atoms with Crippen LogP contribution in [0.2, 0.25) is 0 Å². The van der Waals surface area contributed by atoms with E-state index in [0.717, 1.165) is 37.9 Å². The highest BCUT2D eigenvalue weighted by molar-refractivity contribution is 6.58. The van der Waals surface area contributed by atoms with E-state index in [0.29, 0.717) is 31.3 Å². The van der Waals surface area contributed by atoms with Crippen LogP contribution < -0.4 is 10.4 Å². The number of anilines is 1. The minimum absolute atomic E-state index is 0.155. The SMILES string of the molecule is CCC1=C([C@H](O)CC/C(=C/c2ccc(O)c3ccccc23)c2ccccc2)[C@H](CO)[C@@H]2C(=O)N(c3cccc(B(O)O)c3)C(=O)[C@@H]2C1. The second-order valence-corrected chi connectivity index (χ2v) is 12.3. The first-order valence-electron chi connectivity index (χ1n) is 16.0. The molecule has 0 saturated carbocycles. The van der Waals surface area contributed by atoms with E-state index in [-0.39, 0.29) is 16.9 Å². The highest BCUT2D eigenvalue weighted by Gasteiger charge is 2.55. The molecule has 9 heteroatoms. The lowest BCUT2D eigenvalue weighted by Crippen LogP contribution is -2.39. The molecule has 4 aromatic carbocycles. The summed E-state index contributed by atoms with van der Waals surface area (Å²) in [4.78, 5) is 28.7. The highest BCUT2D eigenvalue weighted by atomic mass is 16.4. The topological polar surface area (TPSA) is 139 Å². The van der Waals surface area contributed by atoms with Crippen molar-refractivity contribution < 1.29 is 35.0 Å². The van der Waals surface area contributed by atoms with Crippen LogP contribution in [0.15, 0.2) is 102 Å². The number of carbonyl (C=O) groups is 2. The second-order valence-electron chi connectivity index (χ2n) is 12.3. The van der Waals surface area contributed by atoms with Crippen LogP contribution in [0, 0.1) is 17.8 Å². The lowest BCUT2D eigenvalue weighted by atomic mass is 9.67. The molecule has 1 fully saturated rings. The largest absolute Gasteiger partial charge is 0.507 e.